The Bertz CT molecular complexity index is 333. The molecule has 2 atom stereocenters. The van der Waals surface area contributed by atoms with Crippen molar-refractivity contribution in [3.63, 3.8) is 0 Å². The molecule has 4 heteroatoms. The van der Waals surface area contributed by atoms with E-state index < -0.39 is 0 Å². The average molecular weight is 237 g/mol. The van der Waals surface area contributed by atoms with Crippen LogP contribution in [0, 0.1) is 22.7 Å². The van der Waals surface area contributed by atoms with Crippen molar-refractivity contribution in [2.75, 3.05) is 13.1 Å². The predicted octanol–water partition coefficient (Wildman–Crippen LogP) is 1.62. The fourth-order valence-corrected chi connectivity index (χ4v) is 2.66. The quantitative estimate of drug-likeness (QED) is 0.566. The van der Waals surface area contributed by atoms with Crippen molar-refractivity contribution in [3.8, 4) is 0 Å². The second-order valence-corrected chi connectivity index (χ2v) is 5.01. The molecule has 1 saturated carbocycles. The largest absolute Gasteiger partial charge is 0.404 e. The summed E-state index contributed by atoms with van der Waals surface area (Å²) in [7, 11) is 0. The lowest BCUT2D eigenvalue weighted by Crippen LogP contribution is -2.34. The summed E-state index contributed by atoms with van der Waals surface area (Å²) in [4.78, 5) is 13.6. The van der Waals surface area contributed by atoms with Crippen molar-refractivity contribution in [1.29, 1.82) is 5.41 Å². The number of amides is 1. The van der Waals surface area contributed by atoms with Crippen molar-refractivity contribution in [2.24, 2.45) is 23.0 Å². The van der Waals surface area contributed by atoms with E-state index in [1.807, 2.05) is 18.7 Å². The van der Waals surface area contributed by atoms with Gasteiger partial charge in [-0.05, 0) is 17.3 Å². The number of carbonyl (C=O) groups is 1. The van der Waals surface area contributed by atoms with E-state index in [2.05, 4.69) is 13.8 Å². The minimum Gasteiger partial charge on any atom is -0.404 e. The molecule has 96 valence electrons. The second kappa shape index (κ2) is 4.90. The molecule has 3 N–H and O–H groups in total. The molecule has 2 aliphatic rings. The number of likely N-dealkylation sites (tertiary alicyclic amines) is 1. The number of fused-ring (bicyclic) bond motifs is 1. The van der Waals surface area contributed by atoms with E-state index in [0.29, 0.717) is 17.3 Å². The lowest BCUT2D eigenvalue weighted by molar-refractivity contribution is -0.126. The Hall–Kier alpha value is -1.32. The Morgan fingerprint density at radius 3 is 2.18 bits per heavy atom. The summed E-state index contributed by atoms with van der Waals surface area (Å²) in [5.74, 6) is 1.19. The molecule has 2 unspecified atom stereocenters. The summed E-state index contributed by atoms with van der Waals surface area (Å²) < 4.78 is 0. The molecule has 0 aromatic heterocycles. The number of nitrogens with one attached hydrogen (secondary N) is 1. The highest BCUT2D eigenvalue weighted by Gasteiger charge is 2.62. The first-order chi connectivity index (χ1) is 8.02. The maximum absolute atomic E-state index is 11.8. The van der Waals surface area contributed by atoms with Crippen LogP contribution in [0.15, 0.2) is 11.8 Å². The molecule has 1 aliphatic heterocycles. The highest BCUT2D eigenvalue weighted by atomic mass is 16.2. The Morgan fingerprint density at radius 2 is 1.82 bits per heavy atom. The van der Waals surface area contributed by atoms with Gasteiger partial charge in [0, 0.05) is 25.5 Å². The third-order valence-corrected chi connectivity index (χ3v) is 3.99. The van der Waals surface area contributed by atoms with Crippen LogP contribution in [-0.2, 0) is 4.79 Å². The van der Waals surface area contributed by atoms with Crippen LogP contribution in [0.1, 0.15) is 27.7 Å². The fourth-order valence-electron chi connectivity index (χ4n) is 2.66. The Balaban J connectivity index is 0.000000686. The zero-order valence-corrected chi connectivity index (χ0v) is 11.2. The smallest absolute Gasteiger partial charge is 0.256 e. The Labute approximate surface area is 103 Å². The van der Waals surface area contributed by atoms with Crippen LogP contribution in [0.25, 0.3) is 0 Å². The number of nitrogens with two attached hydrogens (primary N) is 1. The van der Waals surface area contributed by atoms with Gasteiger partial charge in [0.15, 0.2) is 0 Å². The average Bonchev–Trinajstić information content (AvgIpc) is 2.75. The fraction of sp³-hybridized carbons (Fsp3) is 0.692. The zero-order valence-electron chi connectivity index (χ0n) is 11.2. The second-order valence-electron chi connectivity index (χ2n) is 5.01. The summed E-state index contributed by atoms with van der Waals surface area (Å²) in [5, 5.41) is 7.07. The van der Waals surface area contributed by atoms with Crippen molar-refractivity contribution in [3.05, 3.63) is 11.8 Å². The topological polar surface area (TPSA) is 70.2 Å². The number of carbonyl (C=O) groups excluding carboxylic acids is 1. The SMILES string of the molecule is CC.CC1(C)C2CN(C(=O)/C(C=N)=C/N)CC21. The van der Waals surface area contributed by atoms with E-state index in [-0.39, 0.29) is 11.5 Å². The van der Waals surface area contributed by atoms with Gasteiger partial charge in [-0.15, -0.1) is 0 Å². The van der Waals surface area contributed by atoms with Crippen LogP contribution in [0.4, 0.5) is 0 Å². The number of piperidine rings is 1. The lowest BCUT2D eigenvalue weighted by Gasteiger charge is -2.22. The summed E-state index contributed by atoms with van der Waals surface area (Å²) in [6.07, 6.45) is 2.24. The van der Waals surface area contributed by atoms with Gasteiger partial charge in [0.05, 0.1) is 5.57 Å². The Kier molecular flexibility index (Phi) is 3.96. The van der Waals surface area contributed by atoms with E-state index >= 15 is 0 Å². The molecular weight excluding hydrogens is 214 g/mol. The van der Waals surface area contributed by atoms with E-state index in [0.717, 1.165) is 19.3 Å². The van der Waals surface area contributed by atoms with Crippen molar-refractivity contribution >= 4 is 12.1 Å². The molecule has 2 fully saturated rings. The van der Waals surface area contributed by atoms with E-state index in [1.54, 1.807) is 0 Å². The van der Waals surface area contributed by atoms with Gasteiger partial charge in [-0.2, -0.15) is 0 Å². The lowest BCUT2D eigenvalue weighted by atomic mass is 10.1. The number of nitrogens with zero attached hydrogens (tertiary/aromatic N) is 1. The molecule has 1 heterocycles. The molecule has 17 heavy (non-hydrogen) atoms. The van der Waals surface area contributed by atoms with Crippen LogP contribution >= 0.6 is 0 Å². The van der Waals surface area contributed by atoms with Crippen LogP contribution in [0.5, 0.6) is 0 Å². The van der Waals surface area contributed by atoms with Gasteiger partial charge in [-0.1, -0.05) is 27.7 Å². The van der Waals surface area contributed by atoms with E-state index in [1.165, 1.54) is 6.20 Å². The maximum atomic E-state index is 11.8. The van der Waals surface area contributed by atoms with Crippen molar-refractivity contribution in [1.82, 2.24) is 4.90 Å². The molecule has 0 bridgehead atoms. The Morgan fingerprint density at radius 1 is 1.35 bits per heavy atom. The van der Waals surface area contributed by atoms with Gasteiger partial charge in [0.2, 0.25) is 0 Å². The van der Waals surface area contributed by atoms with Gasteiger partial charge in [0.25, 0.3) is 5.91 Å². The summed E-state index contributed by atoms with van der Waals surface area (Å²) >= 11 is 0. The van der Waals surface area contributed by atoms with E-state index in [4.69, 9.17) is 11.1 Å². The molecule has 1 aliphatic carbocycles. The third kappa shape index (κ3) is 2.21. The molecule has 0 radical (unpaired) electrons. The number of hydrogen-bond donors (Lipinski definition) is 2. The van der Waals surface area contributed by atoms with Crippen LogP contribution < -0.4 is 5.73 Å². The first-order valence-electron chi connectivity index (χ1n) is 6.24. The van der Waals surface area contributed by atoms with Gasteiger partial charge in [0.1, 0.15) is 0 Å². The van der Waals surface area contributed by atoms with Gasteiger partial charge in [-0.3, -0.25) is 4.79 Å². The number of rotatable bonds is 2. The minimum absolute atomic E-state index is 0.101. The van der Waals surface area contributed by atoms with Gasteiger partial charge >= 0.3 is 0 Å². The maximum Gasteiger partial charge on any atom is 0.256 e. The first-order valence-corrected chi connectivity index (χ1v) is 6.24. The third-order valence-electron chi connectivity index (χ3n) is 3.99. The normalized spacial score (nSPS) is 28.9. The molecule has 4 nitrogen and oxygen atoms in total. The summed E-state index contributed by atoms with van der Waals surface area (Å²) in [5.41, 5.74) is 5.99. The summed E-state index contributed by atoms with van der Waals surface area (Å²) in [6, 6.07) is 0. The van der Waals surface area contributed by atoms with Crippen LogP contribution in [-0.4, -0.2) is 30.1 Å². The highest BCUT2D eigenvalue weighted by Crippen LogP contribution is 2.61. The highest BCUT2D eigenvalue weighted by molar-refractivity contribution is 6.11. The molecule has 1 saturated heterocycles. The molecule has 0 aromatic carbocycles. The van der Waals surface area contributed by atoms with Crippen LogP contribution in [0.2, 0.25) is 0 Å². The molecule has 0 spiro atoms. The molecule has 0 aromatic rings. The monoisotopic (exact) mass is 237 g/mol. The molecule has 1 amide bonds. The summed E-state index contributed by atoms with van der Waals surface area (Å²) in [6.45, 7) is 10.1. The predicted molar refractivity (Wildman–Crippen MR) is 69.7 cm³/mol. The zero-order chi connectivity index (χ0) is 13.2. The standard InChI is InChI=1S/C11H17N3O.C2H6/c1-11(2)8-5-14(6-9(8)11)10(15)7(3-12)4-13;1-2/h3-4,8-9,12H,5-6,13H2,1-2H3;1-2H3/b7-4+,12-3?;. The minimum atomic E-state index is -0.101. The van der Waals surface area contributed by atoms with Crippen molar-refractivity contribution in [2.45, 2.75) is 27.7 Å². The van der Waals surface area contributed by atoms with Gasteiger partial charge < -0.3 is 16.0 Å². The van der Waals surface area contributed by atoms with Gasteiger partial charge in [-0.25, -0.2) is 0 Å². The molecule has 2 rings (SSSR count). The van der Waals surface area contributed by atoms with Crippen LogP contribution in [0.3, 0.4) is 0 Å². The number of hydrogen-bond acceptors (Lipinski definition) is 3. The van der Waals surface area contributed by atoms with E-state index in [9.17, 15) is 4.79 Å². The first kappa shape index (κ1) is 13.7. The molecular formula is C13H23N3O. The van der Waals surface area contributed by atoms with Crippen molar-refractivity contribution < 1.29 is 4.79 Å².